The van der Waals surface area contributed by atoms with Gasteiger partial charge < -0.3 is 9.32 Å². The number of rotatable bonds is 2. The number of aryl methyl sites for hydroxylation is 2. The van der Waals surface area contributed by atoms with E-state index in [0.29, 0.717) is 17.5 Å². The summed E-state index contributed by atoms with van der Waals surface area (Å²) < 4.78 is 5.61. The van der Waals surface area contributed by atoms with E-state index < -0.39 is 0 Å². The van der Waals surface area contributed by atoms with Crippen LogP contribution >= 0.6 is 0 Å². The zero-order chi connectivity index (χ0) is 16.5. The average molecular weight is 322 g/mol. The topological polar surface area (TPSA) is 55.1 Å². The van der Waals surface area contributed by atoms with Crippen molar-refractivity contribution in [2.24, 2.45) is 0 Å². The van der Waals surface area contributed by atoms with Crippen molar-refractivity contribution in [1.29, 1.82) is 0 Å². The van der Waals surface area contributed by atoms with Gasteiger partial charge in [0.25, 0.3) is 5.71 Å². The molecule has 5 heteroatoms. The summed E-state index contributed by atoms with van der Waals surface area (Å²) >= 11 is 0. The third kappa shape index (κ3) is 2.86. The molecule has 3 heterocycles. The lowest BCUT2D eigenvalue weighted by Crippen LogP contribution is -2.26. The van der Waals surface area contributed by atoms with Crippen molar-refractivity contribution in [3.05, 3.63) is 47.6 Å². The molecule has 4 rings (SSSR count). The Labute approximate surface area is 141 Å². The number of oxazole rings is 1. The first-order chi connectivity index (χ1) is 11.7. The van der Waals surface area contributed by atoms with Crippen LogP contribution in [0.4, 0.5) is 5.82 Å². The summed E-state index contributed by atoms with van der Waals surface area (Å²) in [5.74, 6) is 2.91. The molecular weight excluding hydrogens is 300 g/mol. The van der Waals surface area contributed by atoms with Gasteiger partial charge in [-0.05, 0) is 37.7 Å². The fourth-order valence-corrected chi connectivity index (χ4v) is 3.60. The molecule has 1 atom stereocenters. The molecule has 1 saturated heterocycles. The Morgan fingerprint density at radius 2 is 1.83 bits per heavy atom. The minimum atomic E-state index is 0.596. The van der Waals surface area contributed by atoms with Gasteiger partial charge in [0.15, 0.2) is 17.2 Å². The van der Waals surface area contributed by atoms with Crippen LogP contribution < -0.4 is 4.90 Å². The zero-order valence-electron chi connectivity index (χ0n) is 14.2. The van der Waals surface area contributed by atoms with Crippen LogP contribution in [0.25, 0.3) is 11.2 Å². The maximum absolute atomic E-state index is 5.61. The highest BCUT2D eigenvalue weighted by atomic mass is 16.4. The second-order valence-corrected chi connectivity index (χ2v) is 6.51. The normalized spacial score (nSPS) is 18.8. The van der Waals surface area contributed by atoms with E-state index in [-0.39, 0.29) is 0 Å². The van der Waals surface area contributed by atoms with Gasteiger partial charge in [0, 0.05) is 20.0 Å². The molecule has 124 valence electrons. The molecule has 5 nitrogen and oxygen atoms in total. The van der Waals surface area contributed by atoms with Crippen LogP contribution in [-0.4, -0.2) is 28.0 Å². The molecule has 0 saturated carbocycles. The lowest BCUT2D eigenvalue weighted by Gasteiger charge is -2.22. The molecule has 1 fully saturated rings. The Hall–Kier alpha value is -2.43. The number of anilines is 1. The standard InChI is InChI=1S/C19H22N4O/c1-13-20-18(17-19(21-13)24-14(2)22-17)23-11-6-9-16(10-12-23)15-7-4-3-5-8-15/h3-5,7-8,16H,6,9-12H2,1-2H3/t16-/m1/s1. The predicted octanol–water partition coefficient (Wildman–Crippen LogP) is 4.01. The van der Waals surface area contributed by atoms with E-state index in [1.165, 1.54) is 12.0 Å². The van der Waals surface area contributed by atoms with E-state index in [1.54, 1.807) is 0 Å². The van der Waals surface area contributed by atoms with Gasteiger partial charge in [-0.25, -0.2) is 9.97 Å². The Morgan fingerprint density at radius 3 is 2.67 bits per heavy atom. The minimum Gasteiger partial charge on any atom is -0.422 e. The molecule has 3 aromatic rings. The number of hydrogen-bond donors (Lipinski definition) is 0. The highest BCUT2D eigenvalue weighted by molar-refractivity contribution is 5.82. The molecule has 1 aliphatic heterocycles. The highest BCUT2D eigenvalue weighted by Gasteiger charge is 2.22. The van der Waals surface area contributed by atoms with Gasteiger partial charge in [0.05, 0.1) is 0 Å². The van der Waals surface area contributed by atoms with E-state index in [0.717, 1.165) is 43.1 Å². The van der Waals surface area contributed by atoms with Gasteiger partial charge in [-0.2, -0.15) is 4.98 Å². The van der Waals surface area contributed by atoms with Crippen LogP contribution in [0.15, 0.2) is 34.7 Å². The third-order valence-corrected chi connectivity index (χ3v) is 4.76. The quantitative estimate of drug-likeness (QED) is 0.713. The summed E-state index contributed by atoms with van der Waals surface area (Å²) in [6.45, 7) is 5.75. The first kappa shape index (κ1) is 15.1. The number of benzene rings is 1. The summed E-state index contributed by atoms with van der Waals surface area (Å²) in [5, 5.41) is 0. The third-order valence-electron chi connectivity index (χ3n) is 4.76. The van der Waals surface area contributed by atoms with Crippen molar-refractivity contribution in [3.63, 3.8) is 0 Å². The van der Waals surface area contributed by atoms with Crippen molar-refractivity contribution < 1.29 is 4.42 Å². The molecule has 0 bridgehead atoms. The Morgan fingerprint density at radius 1 is 1.00 bits per heavy atom. The number of fused-ring (bicyclic) bond motifs is 1. The second kappa shape index (κ2) is 6.23. The van der Waals surface area contributed by atoms with Crippen LogP contribution in [0.3, 0.4) is 0 Å². The minimum absolute atomic E-state index is 0.596. The van der Waals surface area contributed by atoms with Crippen molar-refractivity contribution in [1.82, 2.24) is 15.0 Å². The van der Waals surface area contributed by atoms with E-state index in [1.807, 2.05) is 13.8 Å². The maximum atomic E-state index is 5.61. The van der Waals surface area contributed by atoms with Gasteiger partial charge >= 0.3 is 0 Å². The number of hydrogen-bond acceptors (Lipinski definition) is 5. The van der Waals surface area contributed by atoms with E-state index in [2.05, 4.69) is 50.2 Å². The molecule has 0 radical (unpaired) electrons. The summed E-state index contributed by atoms with van der Waals surface area (Å²) in [5.41, 5.74) is 2.83. The first-order valence-corrected chi connectivity index (χ1v) is 8.62. The summed E-state index contributed by atoms with van der Waals surface area (Å²) in [7, 11) is 0. The van der Waals surface area contributed by atoms with E-state index in [4.69, 9.17) is 4.42 Å². The molecule has 2 aromatic heterocycles. The molecule has 0 amide bonds. The highest BCUT2D eigenvalue weighted by Crippen LogP contribution is 2.31. The second-order valence-electron chi connectivity index (χ2n) is 6.51. The van der Waals surface area contributed by atoms with Gasteiger partial charge in [-0.3, -0.25) is 0 Å². The molecule has 0 aliphatic carbocycles. The molecular formula is C19H22N4O. The van der Waals surface area contributed by atoms with Crippen LogP contribution in [0.2, 0.25) is 0 Å². The number of aromatic nitrogens is 3. The van der Waals surface area contributed by atoms with Crippen LogP contribution in [-0.2, 0) is 0 Å². The largest absolute Gasteiger partial charge is 0.422 e. The van der Waals surface area contributed by atoms with Crippen LogP contribution in [0.5, 0.6) is 0 Å². The maximum Gasteiger partial charge on any atom is 0.252 e. The van der Waals surface area contributed by atoms with Crippen molar-refractivity contribution >= 4 is 17.0 Å². The Bertz CT molecular complexity index is 843. The molecule has 1 aliphatic rings. The van der Waals surface area contributed by atoms with Gasteiger partial charge in [-0.15, -0.1) is 0 Å². The smallest absolute Gasteiger partial charge is 0.252 e. The summed E-state index contributed by atoms with van der Waals surface area (Å²) in [4.78, 5) is 15.9. The lowest BCUT2D eigenvalue weighted by atomic mass is 9.92. The van der Waals surface area contributed by atoms with Crippen LogP contribution in [0.1, 0.15) is 42.5 Å². The summed E-state index contributed by atoms with van der Waals surface area (Å²) in [6, 6.07) is 10.8. The van der Waals surface area contributed by atoms with Crippen molar-refractivity contribution in [2.75, 3.05) is 18.0 Å². The summed E-state index contributed by atoms with van der Waals surface area (Å²) in [6.07, 6.45) is 3.50. The fraction of sp³-hybridized carbons (Fsp3) is 0.421. The molecule has 1 aromatic carbocycles. The number of nitrogens with zero attached hydrogens (tertiary/aromatic N) is 4. The average Bonchev–Trinajstić information content (AvgIpc) is 2.81. The fourth-order valence-electron chi connectivity index (χ4n) is 3.60. The molecule has 24 heavy (non-hydrogen) atoms. The van der Waals surface area contributed by atoms with E-state index in [9.17, 15) is 0 Å². The Balaban J connectivity index is 1.62. The van der Waals surface area contributed by atoms with Crippen LogP contribution in [0, 0.1) is 13.8 Å². The molecule has 0 unspecified atom stereocenters. The van der Waals surface area contributed by atoms with Crippen molar-refractivity contribution in [3.8, 4) is 0 Å². The molecule has 0 N–H and O–H groups in total. The van der Waals surface area contributed by atoms with Gasteiger partial charge in [-0.1, -0.05) is 30.3 Å². The van der Waals surface area contributed by atoms with E-state index >= 15 is 0 Å². The molecule has 0 spiro atoms. The van der Waals surface area contributed by atoms with Gasteiger partial charge in [0.1, 0.15) is 5.82 Å². The monoisotopic (exact) mass is 322 g/mol. The van der Waals surface area contributed by atoms with Crippen molar-refractivity contribution in [2.45, 2.75) is 39.0 Å². The Kier molecular flexibility index (Phi) is 3.92. The zero-order valence-corrected chi connectivity index (χ0v) is 14.2. The predicted molar refractivity (Wildman–Crippen MR) is 94.3 cm³/mol. The van der Waals surface area contributed by atoms with Gasteiger partial charge in [0.2, 0.25) is 0 Å². The lowest BCUT2D eigenvalue weighted by molar-refractivity contribution is 0.550. The first-order valence-electron chi connectivity index (χ1n) is 8.62. The SMILES string of the molecule is Cc1nc(N2CCC[C@@H](c3ccccc3)CC2)c2nc(C)oc2n1.